The highest BCUT2D eigenvalue weighted by Gasteiger charge is 2.15. The van der Waals surface area contributed by atoms with Gasteiger partial charge in [0.15, 0.2) is 0 Å². The van der Waals surface area contributed by atoms with E-state index in [0.717, 1.165) is 12.1 Å². The molecule has 0 atom stereocenters. The summed E-state index contributed by atoms with van der Waals surface area (Å²) in [6.07, 6.45) is 0. The van der Waals surface area contributed by atoms with Gasteiger partial charge in [0.2, 0.25) is 0 Å². The van der Waals surface area contributed by atoms with E-state index in [0.29, 0.717) is 21.5 Å². The normalized spacial score (nSPS) is 12.8. The summed E-state index contributed by atoms with van der Waals surface area (Å²) >= 11 is 0. The van der Waals surface area contributed by atoms with E-state index in [-0.39, 0.29) is 0 Å². The van der Waals surface area contributed by atoms with Crippen molar-refractivity contribution in [3.05, 3.63) is 48.5 Å². The minimum atomic E-state index is -4.80. The molecule has 0 aliphatic carbocycles. The number of hydrogen-bond donors (Lipinski definition) is 0. The van der Waals surface area contributed by atoms with E-state index < -0.39 is 30.2 Å². The minimum Gasteiger partial charge on any atom is -0.189 e. The van der Waals surface area contributed by atoms with Gasteiger partial charge in [0.05, 0.1) is 9.79 Å². The molecule has 8 heteroatoms. The van der Waals surface area contributed by atoms with Gasteiger partial charge in [0.25, 0.3) is 0 Å². The van der Waals surface area contributed by atoms with Crippen LogP contribution in [0.5, 0.6) is 0 Å². The van der Waals surface area contributed by atoms with E-state index >= 15 is 0 Å². The summed E-state index contributed by atoms with van der Waals surface area (Å²) < 4.78 is 69.7. The van der Waals surface area contributed by atoms with Crippen LogP contribution < -0.4 is 0 Å². The summed E-state index contributed by atoms with van der Waals surface area (Å²) in [6, 6.07) is 10.5. The van der Waals surface area contributed by atoms with Gasteiger partial charge in [0, 0.05) is 0 Å². The number of halogens is 2. The van der Waals surface area contributed by atoms with Crippen LogP contribution in [0.2, 0.25) is 0 Å². The fraction of sp³-hybridized carbons (Fsp3) is 0. The van der Waals surface area contributed by atoms with Crippen LogP contribution in [0.25, 0.3) is 21.5 Å². The lowest BCUT2D eigenvalue weighted by Gasteiger charge is -2.06. The second-order valence-electron chi connectivity index (χ2n) is 4.71. The Morgan fingerprint density at radius 3 is 1.27 bits per heavy atom. The maximum atomic E-state index is 13.0. The molecule has 0 N–H and O–H groups in total. The van der Waals surface area contributed by atoms with Crippen LogP contribution in [0, 0.1) is 0 Å². The Bertz CT molecular complexity index is 1030. The second kappa shape index (κ2) is 4.72. The molecule has 22 heavy (non-hydrogen) atoms. The number of fused-ring (bicyclic) bond motifs is 3. The molecular weight excluding hydrogens is 334 g/mol. The van der Waals surface area contributed by atoms with Crippen molar-refractivity contribution < 1.29 is 24.6 Å². The fourth-order valence-electron chi connectivity index (χ4n) is 2.33. The van der Waals surface area contributed by atoms with Gasteiger partial charge in [0.1, 0.15) is 0 Å². The van der Waals surface area contributed by atoms with Gasteiger partial charge in [-0.05, 0) is 45.8 Å². The zero-order chi connectivity index (χ0) is 16.1. The lowest BCUT2D eigenvalue weighted by Crippen LogP contribution is -1.93. The lowest BCUT2D eigenvalue weighted by atomic mass is 10.0. The Hall–Kier alpha value is -2.06. The predicted molar refractivity (Wildman–Crippen MR) is 78.0 cm³/mol. The van der Waals surface area contributed by atoms with Gasteiger partial charge in [-0.25, -0.2) is 0 Å². The molecule has 3 aromatic carbocycles. The van der Waals surface area contributed by atoms with Crippen molar-refractivity contribution >= 4 is 42.0 Å². The third-order valence-electron chi connectivity index (χ3n) is 3.34. The predicted octanol–water partition coefficient (Wildman–Crippen LogP) is 3.31. The maximum absolute atomic E-state index is 13.0. The topological polar surface area (TPSA) is 68.3 Å². The summed E-state index contributed by atoms with van der Waals surface area (Å²) in [5.41, 5.74) is 0. The van der Waals surface area contributed by atoms with Gasteiger partial charge in [-0.2, -0.15) is 16.8 Å². The quantitative estimate of drug-likeness (QED) is 0.529. The number of benzene rings is 3. The van der Waals surface area contributed by atoms with Crippen molar-refractivity contribution in [2.45, 2.75) is 9.79 Å². The zero-order valence-corrected chi connectivity index (χ0v) is 12.5. The van der Waals surface area contributed by atoms with Crippen molar-refractivity contribution in [1.29, 1.82) is 0 Å². The van der Waals surface area contributed by atoms with E-state index in [9.17, 15) is 24.6 Å². The number of hydrogen-bond acceptors (Lipinski definition) is 4. The first-order valence-corrected chi connectivity index (χ1v) is 8.79. The smallest absolute Gasteiger partial charge is 0.189 e. The Morgan fingerprint density at radius 2 is 0.955 bits per heavy atom. The second-order valence-corrected chi connectivity index (χ2v) is 7.40. The van der Waals surface area contributed by atoms with Crippen LogP contribution in [0.3, 0.4) is 0 Å². The molecule has 0 radical (unpaired) electrons. The molecule has 0 saturated heterocycles. The van der Waals surface area contributed by atoms with Gasteiger partial charge < -0.3 is 0 Å². The molecule has 3 aromatic rings. The van der Waals surface area contributed by atoms with E-state index in [1.165, 1.54) is 36.4 Å². The standard InChI is InChI=1S/C14H8F2O4S2/c15-21(17,18)11-3-5-13-9(7-11)1-2-10-8-12(22(16,19)20)4-6-14(10)13/h1-8H. The first-order chi connectivity index (χ1) is 10.2. The van der Waals surface area contributed by atoms with Crippen LogP contribution >= 0.6 is 0 Å². The molecule has 3 rings (SSSR count). The summed E-state index contributed by atoms with van der Waals surface area (Å²) in [5, 5.41) is 2.16. The molecule has 4 nitrogen and oxygen atoms in total. The molecule has 0 bridgehead atoms. The third kappa shape index (κ3) is 2.55. The number of rotatable bonds is 2. The SMILES string of the molecule is O=S(=O)(F)c1ccc2c(ccc3cc(S(=O)(=O)F)ccc32)c1. The Kier molecular flexibility index (Phi) is 3.19. The molecule has 0 aromatic heterocycles. The van der Waals surface area contributed by atoms with Crippen LogP contribution in [0.4, 0.5) is 7.77 Å². The van der Waals surface area contributed by atoms with Crippen molar-refractivity contribution in [2.24, 2.45) is 0 Å². The summed E-state index contributed by atoms with van der Waals surface area (Å²) in [7, 11) is -9.61. The van der Waals surface area contributed by atoms with E-state index in [4.69, 9.17) is 0 Å². The van der Waals surface area contributed by atoms with Gasteiger partial charge in [-0.15, -0.1) is 7.77 Å². The van der Waals surface area contributed by atoms with E-state index in [1.807, 2.05) is 0 Å². The molecular formula is C14H8F2O4S2. The maximum Gasteiger partial charge on any atom is 0.332 e. The summed E-state index contributed by atoms with van der Waals surface area (Å²) in [5.74, 6) is 0. The first-order valence-electron chi connectivity index (χ1n) is 6.02. The monoisotopic (exact) mass is 342 g/mol. The molecule has 0 aliphatic heterocycles. The average molecular weight is 342 g/mol. The molecule has 114 valence electrons. The average Bonchev–Trinajstić information content (AvgIpc) is 2.44. The third-order valence-corrected chi connectivity index (χ3v) is 4.98. The molecule has 0 spiro atoms. The van der Waals surface area contributed by atoms with Gasteiger partial charge >= 0.3 is 20.4 Å². The van der Waals surface area contributed by atoms with Crippen molar-refractivity contribution in [2.75, 3.05) is 0 Å². The highest BCUT2D eigenvalue weighted by molar-refractivity contribution is 7.86. The largest absolute Gasteiger partial charge is 0.332 e. The molecule has 0 unspecified atom stereocenters. The Balaban J connectivity index is 2.33. The molecule has 0 fully saturated rings. The lowest BCUT2D eigenvalue weighted by molar-refractivity contribution is 0.550. The molecule has 0 amide bonds. The first kappa shape index (κ1) is 14.9. The van der Waals surface area contributed by atoms with Crippen LogP contribution in [-0.4, -0.2) is 16.8 Å². The minimum absolute atomic E-state index is 0.456. The van der Waals surface area contributed by atoms with Crippen LogP contribution in [0.15, 0.2) is 58.3 Å². The molecule has 0 saturated carbocycles. The van der Waals surface area contributed by atoms with Gasteiger partial charge in [-0.3, -0.25) is 0 Å². The van der Waals surface area contributed by atoms with Crippen molar-refractivity contribution in [3.8, 4) is 0 Å². The summed E-state index contributed by atoms with van der Waals surface area (Å²) in [4.78, 5) is -0.912. The Morgan fingerprint density at radius 1 is 0.591 bits per heavy atom. The van der Waals surface area contributed by atoms with Crippen LogP contribution in [-0.2, 0) is 20.4 Å². The fourth-order valence-corrected chi connectivity index (χ4v) is 3.33. The molecule has 0 aliphatic rings. The Labute approximate surface area is 125 Å². The van der Waals surface area contributed by atoms with E-state index in [2.05, 4.69) is 0 Å². The highest BCUT2D eigenvalue weighted by atomic mass is 32.3. The zero-order valence-electron chi connectivity index (χ0n) is 10.8. The summed E-state index contributed by atoms with van der Waals surface area (Å²) in [6.45, 7) is 0. The van der Waals surface area contributed by atoms with E-state index in [1.54, 1.807) is 0 Å². The molecule has 0 heterocycles. The van der Waals surface area contributed by atoms with Crippen molar-refractivity contribution in [1.82, 2.24) is 0 Å². The van der Waals surface area contributed by atoms with Crippen LogP contribution in [0.1, 0.15) is 0 Å². The van der Waals surface area contributed by atoms with Gasteiger partial charge in [-0.1, -0.05) is 24.3 Å². The van der Waals surface area contributed by atoms with Crippen molar-refractivity contribution in [3.63, 3.8) is 0 Å². The highest BCUT2D eigenvalue weighted by Crippen LogP contribution is 2.29.